The average molecular weight is 602 g/mol. The van der Waals surface area contributed by atoms with E-state index in [9.17, 15) is 21.9 Å². The van der Waals surface area contributed by atoms with Gasteiger partial charge in [0, 0.05) is 5.92 Å². The summed E-state index contributed by atoms with van der Waals surface area (Å²) in [7, 11) is -11.2. The maximum absolute atomic E-state index is 14.0. The summed E-state index contributed by atoms with van der Waals surface area (Å²) < 4.78 is 60.8. The molecule has 0 bridgehead atoms. The third-order valence-electron chi connectivity index (χ3n) is 6.86. The van der Waals surface area contributed by atoms with Gasteiger partial charge in [-0.25, -0.2) is 16.8 Å². The summed E-state index contributed by atoms with van der Waals surface area (Å²) in [5.41, 5.74) is 0. The van der Waals surface area contributed by atoms with Gasteiger partial charge in [0.05, 0.1) is 26.8 Å². The molecule has 35 heavy (non-hydrogen) atoms. The highest BCUT2D eigenvalue weighted by atomic mass is 79.9. The Kier molecular flexibility index (Phi) is 8.25. The van der Waals surface area contributed by atoms with Crippen molar-refractivity contribution in [1.29, 1.82) is 0 Å². The Morgan fingerprint density at radius 2 is 1.29 bits per heavy atom. The average Bonchev–Trinajstić information content (AvgIpc) is 2.79. The molecular formula is C25H33BrO6S2Si. The predicted molar refractivity (Wildman–Crippen MR) is 144 cm³/mol. The maximum Gasteiger partial charge on any atom is 0.196 e. The van der Waals surface area contributed by atoms with Gasteiger partial charge in [0.1, 0.15) is 0 Å². The van der Waals surface area contributed by atoms with Crippen LogP contribution in [0.15, 0.2) is 82.6 Å². The molecule has 6 nitrogen and oxygen atoms in total. The van der Waals surface area contributed by atoms with E-state index in [1.807, 2.05) is 33.9 Å². The van der Waals surface area contributed by atoms with Crippen LogP contribution in [0.5, 0.6) is 0 Å². The lowest BCUT2D eigenvalue weighted by Crippen LogP contribution is -2.55. The Labute approximate surface area is 218 Å². The van der Waals surface area contributed by atoms with Gasteiger partial charge in [0.25, 0.3) is 0 Å². The van der Waals surface area contributed by atoms with Crippen LogP contribution in [0.4, 0.5) is 0 Å². The van der Waals surface area contributed by atoms with Crippen LogP contribution in [0.2, 0.25) is 18.1 Å². The molecule has 0 unspecified atom stereocenters. The first-order valence-electron chi connectivity index (χ1n) is 11.4. The van der Waals surface area contributed by atoms with Gasteiger partial charge in [-0.2, -0.15) is 0 Å². The number of rotatable bonds is 7. The molecule has 0 spiro atoms. The van der Waals surface area contributed by atoms with Gasteiger partial charge >= 0.3 is 0 Å². The van der Waals surface area contributed by atoms with Crippen LogP contribution in [0.1, 0.15) is 20.8 Å². The van der Waals surface area contributed by atoms with Crippen molar-refractivity contribution >= 4 is 43.9 Å². The molecule has 0 saturated carbocycles. The monoisotopic (exact) mass is 600 g/mol. The number of aliphatic hydroxyl groups excluding tert-OH is 1. The van der Waals surface area contributed by atoms with Gasteiger partial charge in [-0.15, -0.1) is 0 Å². The van der Waals surface area contributed by atoms with E-state index in [1.165, 1.54) is 36.4 Å². The Morgan fingerprint density at radius 3 is 1.69 bits per heavy atom. The Hall–Kier alpha value is -1.30. The summed E-state index contributed by atoms with van der Waals surface area (Å²) in [4.78, 5) is -0.853. The lowest BCUT2D eigenvalue weighted by molar-refractivity contribution is 0.0849. The number of sulfone groups is 2. The van der Waals surface area contributed by atoms with Crippen LogP contribution in [0.3, 0.4) is 0 Å². The zero-order valence-electron chi connectivity index (χ0n) is 20.5. The molecule has 0 saturated heterocycles. The molecule has 0 amide bonds. The van der Waals surface area contributed by atoms with E-state index in [4.69, 9.17) is 4.43 Å². The second-order valence-corrected chi connectivity index (χ2v) is 20.6. The zero-order chi connectivity index (χ0) is 26.2. The van der Waals surface area contributed by atoms with Crippen LogP contribution < -0.4 is 0 Å². The first-order chi connectivity index (χ1) is 16.1. The topological polar surface area (TPSA) is 97.7 Å². The van der Waals surface area contributed by atoms with Crippen molar-refractivity contribution in [3.63, 3.8) is 0 Å². The summed E-state index contributed by atoms with van der Waals surface area (Å²) in [6.07, 6.45) is 1.09. The standard InChI is InChI=1S/C25H33BrO6S2Si/c1-25(2,3)35(4,5)32-23-20(16-17-21(27)22(23)26)24(33(28,29)18-12-8-6-9-13-18)34(30,31)19-14-10-7-11-15-19/h6-17,20-24,27H,1-5H3/t20-,21+,22+,23+/m1/s1. The van der Waals surface area contributed by atoms with E-state index >= 15 is 0 Å². The molecule has 3 rings (SSSR count). The summed E-state index contributed by atoms with van der Waals surface area (Å²) >= 11 is 3.50. The molecule has 2 aromatic rings. The summed E-state index contributed by atoms with van der Waals surface area (Å²) in [5.74, 6) is -1.06. The fraction of sp³-hybridized carbons (Fsp3) is 0.440. The lowest BCUT2D eigenvalue weighted by Gasteiger charge is -2.45. The summed E-state index contributed by atoms with van der Waals surface area (Å²) in [6.45, 7) is 10.2. The number of hydrogen-bond acceptors (Lipinski definition) is 6. The lowest BCUT2D eigenvalue weighted by atomic mass is 9.92. The molecule has 2 aromatic carbocycles. The van der Waals surface area contributed by atoms with Gasteiger partial charge in [0.2, 0.25) is 0 Å². The molecule has 0 heterocycles. The molecule has 0 fully saturated rings. The fourth-order valence-corrected chi connectivity index (χ4v) is 10.9. The van der Waals surface area contributed by atoms with Crippen molar-refractivity contribution in [2.45, 2.75) is 70.3 Å². The van der Waals surface area contributed by atoms with E-state index in [-0.39, 0.29) is 14.8 Å². The van der Waals surface area contributed by atoms with Crippen LogP contribution in [0.25, 0.3) is 0 Å². The number of aliphatic hydroxyl groups is 1. The van der Waals surface area contributed by atoms with Gasteiger partial charge in [0.15, 0.2) is 32.6 Å². The van der Waals surface area contributed by atoms with Crippen molar-refractivity contribution in [3.05, 3.63) is 72.8 Å². The second-order valence-electron chi connectivity index (χ2n) is 10.3. The quantitative estimate of drug-likeness (QED) is 0.274. The van der Waals surface area contributed by atoms with Crippen molar-refractivity contribution < 1.29 is 26.4 Å². The molecule has 192 valence electrons. The SMILES string of the molecule is CC(C)(C)[Si](C)(C)O[C@@H]1[C@@H](Br)[C@@H](O)C=C[C@H]1C(S(=O)(=O)c1ccccc1)S(=O)(=O)c1ccccc1. The van der Waals surface area contributed by atoms with E-state index < -0.39 is 55.5 Å². The van der Waals surface area contributed by atoms with E-state index in [2.05, 4.69) is 15.9 Å². The largest absolute Gasteiger partial charge is 0.412 e. The van der Waals surface area contributed by atoms with Gasteiger partial charge in [-0.3, -0.25) is 0 Å². The van der Waals surface area contributed by atoms with Gasteiger partial charge < -0.3 is 9.53 Å². The van der Waals surface area contributed by atoms with Crippen molar-refractivity contribution in [1.82, 2.24) is 0 Å². The molecular weight excluding hydrogens is 568 g/mol. The molecule has 0 aromatic heterocycles. The third kappa shape index (κ3) is 5.67. The highest BCUT2D eigenvalue weighted by Gasteiger charge is 2.53. The van der Waals surface area contributed by atoms with Crippen LogP contribution >= 0.6 is 15.9 Å². The molecule has 1 aliphatic rings. The van der Waals surface area contributed by atoms with Gasteiger partial charge in [-0.05, 0) is 42.4 Å². The van der Waals surface area contributed by atoms with Crippen molar-refractivity contribution in [2.75, 3.05) is 0 Å². The smallest absolute Gasteiger partial charge is 0.196 e. The highest BCUT2D eigenvalue weighted by Crippen LogP contribution is 2.44. The number of halogens is 1. The van der Waals surface area contributed by atoms with Crippen molar-refractivity contribution in [2.24, 2.45) is 5.92 Å². The predicted octanol–water partition coefficient (Wildman–Crippen LogP) is 4.96. The normalized spacial score (nSPS) is 24.0. The van der Waals surface area contributed by atoms with E-state index in [1.54, 1.807) is 36.4 Å². The number of hydrogen-bond donors (Lipinski definition) is 1. The molecule has 1 N–H and O–H groups in total. The zero-order valence-corrected chi connectivity index (χ0v) is 24.7. The first kappa shape index (κ1) is 28.3. The third-order valence-corrected chi connectivity index (χ3v) is 17.6. The Balaban J connectivity index is 2.26. The minimum absolute atomic E-state index is 0.0822. The molecule has 4 atom stereocenters. The Bertz CT molecular complexity index is 1190. The van der Waals surface area contributed by atoms with Crippen molar-refractivity contribution in [3.8, 4) is 0 Å². The fourth-order valence-electron chi connectivity index (χ4n) is 3.84. The number of alkyl halides is 1. The van der Waals surface area contributed by atoms with E-state index in [0.717, 1.165) is 0 Å². The van der Waals surface area contributed by atoms with E-state index in [0.29, 0.717) is 0 Å². The minimum atomic E-state index is -4.38. The highest BCUT2D eigenvalue weighted by molar-refractivity contribution is 9.09. The molecule has 0 radical (unpaired) electrons. The summed E-state index contributed by atoms with van der Waals surface area (Å²) in [5, 5.41) is 10.4. The Morgan fingerprint density at radius 1 is 0.857 bits per heavy atom. The molecule has 10 heteroatoms. The maximum atomic E-state index is 14.0. The van der Waals surface area contributed by atoms with Crippen LogP contribution in [-0.2, 0) is 24.1 Å². The first-order valence-corrected chi connectivity index (χ1v) is 18.3. The van der Waals surface area contributed by atoms with Gasteiger partial charge in [-0.1, -0.05) is 85.3 Å². The van der Waals surface area contributed by atoms with Crippen LogP contribution in [-0.4, -0.2) is 51.9 Å². The van der Waals surface area contributed by atoms with Crippen LogP contribution in [0, 0.1) is 5.92 Å². The molecule has 0 aliphatic heterocycles. The second kappa shape index (κ2) is 10.2. The number of benzene rings is 2. The summed E-state index contributed by atoms with van der Waals surface area (Å²) in [6, 6.07) is 15.2. The minimum Gasteiger partial charge on any atom is -0.412 e. The molecule has 1 aliphatic carbocycles.